The number of rotatable bonds is 2. The summed E-state index contributed by atoms with van der Waals surface area (Å²) in [7, 11) is 3.19. The minimum absolute atomic E-state index is 1.03. The molecule has 0 bridgehead atoms. The number of hydrogen-bond acceptors (Lipinski definition) is 0. The van der Waals surface area contributed by atoms with Crippen LogP contribution in [-0.2, 0) is 0 Å². The van der Waals surface area contributed by atoms with Gasteiger partial charge >= 0.3 is 0 Å². The third kappa shape index (κ3) is 2.17. The van der Waals surface area contributed by atoms with E-state index in [0.29, 0.717) is 0 Å². The van der Waals surface area contributed by atoms with Crippen LogP contribution in [0.5, 0.6) is 0 Å². The molecule has 0 nitrogen and oxygen atoms in total. The van der Waals surface area contributed by atoms with E-state index >= 15 is 0 Å². The Kier molecular flexibility index (Phi) is 3.07. The van der Waals surface area contributed by atoms with Gasteiger partial charge < -0.3 is 0 Å². The third-order valence-electron chi connectivity index (χ3n) is 0.658. The highest BCUT2D eigenvalue weighted by Gasteiger charge is 1.73. The first kappa shape index (κ1) is 5.91. The van der Waals surface area contributed by atoms with E-state index in [4.69, 9.17) is 0 Å². The molecule has 0 aromatic heterocycles. The lowest BCUT2D eigenvalue weighted by molar-refractivity contribution is 1.19. The molecule has 0 saturated heterocycles. The zero-order valence-electron chi connectivity index (χ0n) is 3.99. The maximum Gasteiger partial charge on any atom is -0.0310 e. The second kappa shape index (κ2) is 3.11. The van der Waals surface area contributed by atoms with Crippen LogP contribution < -0.4 is 0 Å². The highest BCUT2D eigenvalue weighted by Crippen LogP contribution is 1.89. The van der Waals surface area contributed by atoms with Gasteiger partial charge in [0.2, 0.25) is 0 Å². The lowest BCUT2D eigenvalue weighted by Gasteiger charge is -1.82. The van der Waals surface area contributed by atoms with Gasteiger partial charge in [0.15, 0.2) is 0 Å². The molecule has 0 aliphatic carbocycles. The van der Waals surface area contributed by atoms with Gasteiger partial charge in [0, 0.05) is 0 Å². The molecule has 0 unspecified atom stereocenters. The first-order valence-electron chi connectivity index (χ1n) is 1.99. The largest absolute Gasteiger partial charge is 0.122 e. The molecule has 6 heavy (non-hydrogen) atoms. The van der Waals surface area contributed by atoms with Gasteiger partial charge in [-0.3, -0.25) is 0 Å². The van der Waals surface area contributed by atoms with E-state index in [9.17, 15) is 0 Å². The van der Waals surface area contributed by atoms with Gasteiger partial charge in [0.1, 0.15) is 0 Å². The Bertz CT molecular complexity index is 64.3. The van der Waals surface area contributed by atoms with E-state index in [-0.39, 0.29) is 0 Å². The van der Waals surface area contributed by atoms with Gasteiger partial charge in [-0.1, -0.05) is 19.1 Å². The second-order valence-electron chi connectivity index (χ2n) is 1.16. The van der Waals surface area contributed by atoms with Crippen LogP contribution in [0.15, 0.2) is 12.2 Å². The van der Waals surface area contributed by atoms with Crippen molar-refractivity contribution in [2.75, 3.05) is 0 Å². The summed E-state index contributed by atoms with van der Waals surface area (Å²) in [6.07, 6.45) is 1.03. The van der Waals surface area contributed by atoms with Crippen LogP contribution in [0.25, 0.3) is 0 Å². The number of allylic oxidation sites excluding steroid dienone is 1. The Hall–Kier alpha value is -0.0900. The summed E-state index contributed by atoms with van der Waals surface area (Å²) in [5, 5.41) is 0. The zero-order valence-corrected chi connectivity index (χ0v) is 4.99. The van der Waals surface area contributed by atoms with Crippen molar-refractivity contribution in [1.29, 1.82) is 0 Å². The van der Waals surface area contributed by atoms with Crippen LogP contribution in [0.3, 0.4) is 0 Å². The molecule has 0 aliphatic rings. The minimum Gasteiger partial charge on any atom is -0.122 e. The van der Waals surface area contributed by atoms with Crippen LogP contribution in [0.4, 0.5) is 0 Å². The summed E-state index contributed by atoms with van der Waals surface area (Å²) < 4.78 is 0. The lowest BCUT2D eigenvalue weighted by atomic mass is 10.3. The van der Waals surface area contributed by atoms with Crippen LogP contribution in [0, 0.1) is 0 Å². The maximum atomic E-state index is 3.69. The Morgan fingerprint density at radius 3 is 2.50 bits per heavy atom. The molecule has 1 heteroatoms. The molecular formula is C5H9P. The quantitative estimate of drug-likeness (QED) is 0.465. The van der Waals surface area contributed by atoms with Crippen molar-refractivity contribution in [2.24, 2.45) is 0 Å². The van der Waals surface area contributed by atoms with Crippen molar-refractivity contribution in [3.05, 3.63) is 12.2 Å². The van der Waals surface area contributed by atoms with Crippen LogP contribution in [-0.4, -0.2) is 5.80 Å². The van der Waals surface area contributed by atoms with Gasteiger partial charge in [-0.05, 0) is 12.2 Å². The van der Waals surface area contributed by atoms with E-state index in [1.54, 1.807) is 0 Å². The Labute approximate surface area is 41.1 Å². The van der Waals surface area contributed by atoms with Crippen molar-refractivity contribution >= 4 is 14.7 Å². The normalized spacial score (nSPS) is 7.50. The van der Waals surface area contributed by atoms with Gasteiger partial charge in [0.25, 0.3) is 0 Å². The summed E-state index contributed by atoms with van der Waals surface area (Å²) in [4.78, 5) is 0. The molecule has 0 atom stereocenters. The molecule has 0 saturated carbocycles. The van der Waals surface area contributed by atoms with E-state index in [1.807, 2.05) is 5.80 Å². The highest BCUT2D eigenvalue weighted by atomic mass is 31.0. The fraction of sp³-hybridized carbons (Fsp3) is 0.400. The molecule has 0 fully saturated rings. The summed E-state index contributed by atoms with van der Waals surface area (Å²) in [6, 6.07) is 0. The average Bonchev–Trinajstić information content (AvgIpc) is 1.65. The molecule has 0 aromatic carbocycles. The first-order chi connectivity index (χ1) is 2.81. The number of hydrogen-bond donors (Lipinski definition) is 0. The van der Waals surface area contributed by atoms with Crippen LogP contribution in [0.2, 0.25) is 0 Å². The molecule has 34 valence electrons. The molecule has 0 heterocycles. The molecule has 0 rings (SSSR count). The van der Waals surface area contributed by atoms with E-state index in [0.717, 1.165) is 12.0 Å². The standard InChI is InChI=1S/C5H9P/c1-3-5(2)4-6/h4,6H,2-3H2,1H3. The summed E-state index contributed by atoms with van der Waals surface area (Å²) in [5.41, 5.74) is 1.13. The molecule has 0 spiro atoms. The SMILES string of the molecule is C=C(C=P)CC. The second-order valence-corrected chi connectivity index (χ2v) is 1.44. The Balaban J connectivity index is 3.23. The van der Waals surface area contributed by atoms with Crippen molar-refractivity contribution in [3.8, 4) is 0 Å². The lowest BCUT2D eigenvalue weighted by Crippen LogP contribution is -1.70. The monoisotopic (exact) mass is 100 g/mol. The van der Waals surface area contributed by atoms with E-state index < -0.39 is 0 Å². The van der Waals surface area contributed by atoms with Crippen molar-refractivity contribution in [2.45, 2.75) is 13.3 Å². The molecule has 0 radical (unpaired) electrons. The average molecular weight is 100 g/mol. The van der Waals surface area contributed by atoms with Gasteiger partial charge in [-0.25, -0.2) is 0 Å². The first-order valence-corrected chi connectivity index (χ1v) is 2.57. The van der Waals surface area contributed by atoms with Gasteiger partial charge in [-0.2, -0.15) is 0 Å². The minimum atomic E-state index is 1.03. The molecular weight excluding hydrogens is 91.0 g/mol. The van der Waals surface area contributed by atoms with Crippen molar-refractivity contribution < 1.29 is 0 Å². The topological polar surface area (TPSA) is 0 Å². The predicted octanol–water partition coefficient (Wildman–Crippen LogP) is 1.90. The molecule has 0 amide bonds. The fourth-order valence-electron chi connectivity index (χ4n) is 0.102. The smallest absolute Gasteiger partial charge is 0.0310 e. The van der Waals surface area contributed by atoms with Crippen molar-refractivity contribution in [3.63, 3.8) is 0 Å². The van der Waals surface area contributed by atoms with E-state index in [1.165, 1.54) is 0 Å². The maximum absolute atomic E-state index is 3.69. The van der Waals surface area contributed by atoms with Gasteiger partial charge in [-0.15, -0.1) is 8.86 Å². The van der Waals surface area contributed by atoms with Crippen LogP contribution >= 0.6 is 8.86 Å². The molecule has 0 N–H and O–H groups in total. The summed E-state index contributed by atoms with van der Waals surface area (Å²) in [6.45, 7) is 5.76. The van der Waals surface area contributed by atoms with Gasteiger partial charge in [0.05, 0.1) is 0 Å². The van der Waals surface area contributed by atoms with Crippen molar-refractivity contribution in [1.82, 2.24) is 0 Å². The Morgan fingerprint density at radius 2 is 2.50 bits per heavy atom. The fourth-order valence-corrected chi connectivity index (χ4v) is 0.306. The molecule has 0 aliphatic heterocycles. The summed E-state index contributed by atoms with van der Waals surface area (Å²) in [5.74, 6) is 1.83. The highest BCUT2D eigenvalue weighted by molar-refractivity contribution is 7.19. The molecule has 0 aromatic rings. The van der Waals surface area contributed by atoms with E-state index in [2.05, 4.69) is 22.4 Å². The predicted molar refractivity (Wildman–Crippen MR) is 33.8 cm³/mol. The van der Waals surface area contributed by atoms with Crippen LogP contribution in [0.1, 0.15) is 13.3 Å². The Morgan fingerprint density at radius 1 is 2.00 bits per heavy atom. The third-order valence-corrected chi connectivity index (χ3v) is 1.07. The summed E-state index contributed by atoms with van der Waals surface area (Å²) >= 11 is 0. The zero-order chi connectivity index (χ0) is 4.99.